The molecule has 0 spiro atoms. The zero-order valence-corrected chi connectivity index (χ0v) is 13.6. The average Bonchev–Trinajstić information content (AvgIpc) is 2.47. The van der Waals surface area contributed by atoms with E-state index in [0.717, 1.165) is 10.9 Å². The van der Waals surface area contributed by atoms with Crippen molar-refractivity contribution in [1.29, 1.82) is 0 Å². The summed E-state index contributed by atoms with van der Waals surface area (Å²) in [4.78, 5) is 12.1. The van der Waals surface area contributed by atoms with Crippen molar-refractivity contribution in [3.8, 4) is 0 Å². The number of benzene rings is 2. The van der Waals surface area contributed by atoms with Crippen LogP contribution in [-0.2, 0) is 0 Å². The Bertz CT molecular complexity index is 593. The number of hydrogen-bond acceptors (Lipinski definition) is 2. The van der Waals surface area contributed by atoms with Crippen LogP contribution in [0.3, 0.4) is 0 Å². The van der Waals surface area contributed by atoms with Gasteiger partial charge in [-0.15, -0.1) is 0 Å². The molecule has 3 nitrogen and oxygen atoms in total. The maximum atomic E-state index is 12.1. The highest BCUT2D eigenvalue weighted by molar-refractivity contribution is 9.10. The molecule has 21 heavy (non-hydrogen) atoms. The molecule has 0 fully saturated rings. The third kappa shape index (κ3) is 4.60. The molecule has 3 N–H and O–H groups in total. The van der Waals surface area contributed by atoms with Gasteiger partial charge in [-0.2, -0.15) is 0 Å². The molecule has 0 aliphatic heterocycles. The number of nitrogens with one attached hydrogen (secondary N) is 1. The van der Waals surface area contributed by atoms with Crippen molar-refractivity contribution >= 4 is 27.5 Å². The van der Waals surface area contributed by atoms with Crippen LogP contribution in [0.15, 0.2) is 53.0 Å². The molecule has 0 aromatic heterocycles. The van der Waals surface area contributed by atoms with Crippen molar-refractivity contribution in [1.82, 2.24) is 5.32 Å². The van der Waals surface area contributed by atoms with E-state index in [1.807, 2.05) is 18.2 Å². The third-order valence-corrected chi connectivity index (χ3v) is 3.87. The molecule has 2 aromatic rings. The Balaban J connectivity index is 1.87. The lowest BCUT2D eigenvalue weighted by atomic mass is 9.98. The molecule has 0 bridgehead atoms. The first-order valence-corrected chi connectivity index (χ1v) is 7.75. The van der Waals surface area contributed by atoms with Gasteiger partial charge in [-0.05, 0) is 36.1 Å². The Hall–Kier alpha value is -1.81. The van der Waals surface area contributed by atoms with Gasteiger partial charge < -0.3 is 11.1 Å². The first-order chi connectivity index (χ1) is 10.1. The fourth-order valence-corrected chi connectivity index (χ4v) is 2.71. The van der Waals surface area contributed by atoms with Crippen molar-refractivity contribution in [3.05, 3.63) is 64.1 Å². The lowest BCUT2D eigenvalue weighted by Crippen LogP contribution is -2.25. The fourth-order valence-electron chi connectivity index (χ4n) is 2.20. The second-order valence-corrected chi connectivity index (χ2v) is 6.05. The maximum absolute atomic E-state index is 12.1. The van der Waals surface area contributed by atoms with Crippen molar-refractivity contribution in [3.63, 3.8) is 0 Å². The lowest BCUT2D eigenvalue weighted by molar-refractivity contribution is 0.0952. The van der Waals surface area contributed by atoms with Crippen LogP contribution >= 0.6 is 15.9 Å². The number of halogens is 1. The van der Waals surface area contributed by atoms with Gasteiger partial charge in [0.25, 0.3) is 5.91 Å². The first kappa shape index (κ1) is 15.6. The summed E-state index contributed by atoms with van der Waals surface area (Å²) in [6.45, 7) is 2.81. The lowest BCUT2D eigenvalue weighted by Gasteiger charge is -2.12. The summed E-state index contributed by atoms with van der Waals surface area (Å²) in [5, 5.41) is 2.94. The molecule has 0 radical (unpaired) electrons. The minimum atomic E-state index is -0.0942. The van der Waals surface area contributed by atoms with Gasteiger partial charge in [0.1, 0.15) is 0 Å². The highest BCUT2D eigenvalue weighted by Gasteiger charge is 2.09. The van der Waals surface area contributed by atoms with Gasteiger partial charge in [0.05, 0.1) is 0 Å². The van der Waals surface area contributed by atoms with Gasteiger partial charge >= 0.3 is 0 Å². The Morgan fingerprint density at radius 3 is 2.62 bits per heavy atom. The monoisotopic (exact) mass is 346 g/mol. The molecule has 1 atom stereocenters. The van der Waals surface area contributed by atoms with Crippen molar-refractivity contribution in [2.24, 2.45) is 0 Å². The largest absolute Gasteiger partial charge is 0.399 e. The topological polar surface area (TPSA) is 55.1 Å². The molecular formula is C17H19BrN2O. The number of amides is 1. The molecule has 0 heterocycles. The molecule has 4 heteroatoms. The van der Waals surface area contributed by atoms with Gasteiger partial charge in [0.15, 0.2) is 0 Å². The minimum Gasteiger partial charge on any atom is -0.399 e. The fraction of sp³-hybridized carbons (Fsp3) is 0.235. The van der Waals surface area contributed by atoms with Gasteiger partial charge in [-0.1, -0.05) is 53.2 Å². The van der Waals surface area contributed by atoms with Crippen molar-refractivity contribution in [2.45, 2.75) is 19.3 Å². The van der Waals surface area contributed by atoms with Crippen LogP contribution in [0.1, 0.15) is 35.2 Å². The van der Waals surface area contributed by atoms with E-state index in [2.05, 4.69) is 40.3 Å². The summed E-state index contributed by atoms with van der Waals surface area (Å²) in [5.74, 6) is 0.322. The van der Waals surface area contributed by atoms with Crippen LogP contribution in [0, 0.1) is 0 Å². The molecule has 1 unspecified atom stereocenters. The quantitative estimate of drug-likeness (QED) is 0.805. The first-order valence-electron chi connectivity index (χ1n) is 6.95. The van der Waals surface area contributed by atoms with Crippen LogP contribution in [-0.4, -0.2) is 12.5 Å². The molecule has 0 aliphatic carbocycles. The summed E-state index contributed by atoms with van der Waals surface area (Å²) >= 11 is 3.34. The standard InChI is InChI=1S/C17H19BrN2O/c1-12(13-5-3-2-4-6-13)7-8-20-17(21)14-9-15(18)11-16(19)10-14/h2-6,9-12H,7-8,19H2,1H3,(H,20,21). The predicted molar refractivity (Wildman–Crippen MR) is 90.4 cm³/mol. The van der Waals surface area contributed by atoms with Crippen LogP contribution in [0.4, 0.5) is 5.69 Å². The second-order valence-electron chi connectivity index (χ2n) is 5.13. The molecule has 2 aromatic carbocycles. The third-order valence-electron chi connectivity index (χ3n) is 3.41. The van der Waals surface area contributed by atoms with Crippen molar-refractivity contribution in [2.75, 3.05) is 12.3 Å². The molecule has 1 amide bonds. The predicted octanol–water partition coefficient (Wildman–Crippen LogP) is 3.95. The Labute approximate surface area is 133 Å². The normalized spacial score (nSPS) is 11.9. The van der Waals surface area contributed by atoms with E-state index < -0.39 is 0 Å². The smallest absolute Gasteiger partial charge is 0.251 e. The Kier molecular flexibility index (Phi) is 5.39. The summed E-state index contributed by atoms with van der Waals surface area (Å²) < 4.78 is 0.810. The van der Waals surface area contributed by atoms with E-state index in [-0.39, 0.29) is 5.91 Å². The van der Waals surface area contributed by atoms with Gasteiger partial charge in [-0.25, -0.2) is 0 Å². The van der Waals surface area contributed by atoms with E-state index in [1.54, 1.807) is 18.2 Å². The number of carbonyl (C=O) groups excluding carboxylic acids is 1. The highest BCUT2D eigenvalue weighted by atomic mass is 79.9. The second kappa shape index (κ2) is 7.27. The number of anilines is 1. The molecule has 0 saturated carbocycles. The van der Waals surface area contributed by atoms with Crippen LogP contribution in [0.5, 0.6) is 0 Å². The number of nitrogens with two attached hydrogens (primary N) is 1. The van der Waals surface area contributed by atoms with E-state index >= 15 is 0 Å². The zero-order valence-electron chi connectivity index (χ0n) is 12.0. The number of hydrogen-bond donors (Lipinski definition) is 2. The van der Waals surface area contributed by atoms with Crippen LogP contribution in [0.25, 0.3) is 0 Å². The molecule has 2 rings (SSSR count). The summed E-state index contributed by atoms with van der Waals surface area (Å²) in [5.41, 5.74) is 8.18. The number of rotatable bonds is 5. The van der Waals surface area contributed by atoms with E-state index in [1.165, 1.54) is 5.56 Å². The molecule has 0 aliphatic rings. The summed E-state index contributed by atoms with van der Waals surface area (Å²) in [6.07, 6.45) is 0.902. The average molecular weight is 347 g/mol. The SMILES string of the molecule is CC(CCNC(=O)c1cc(N)cc(Br)c1)c1ccccc1. The summed E-state index contributed by atoms with van der Waals surface area (Å²) in [7, 11) is 0. The van der Waals surface area contributed by atoms with E-state index in [9.17, 15) is 4.79 Å². The summed E-state index contributed by atoms with van der Waals surface area (Å²) in [6, 6.07) is 15.5. The Morgan fingerprint density at radius 1 is 1.24 bits per heavy atom. The van der Waals surface area contributed by atoms with E-state index in [0.29, 0.717) is 23.7 Å². The van der Waals surface area contributed by atoms with Crippen molar-refractivity contribution < 1.29 is 4.79 Å². The van der Waals surface area contributed by atoms with Gasteiger partial charge in [-0.3, -0.25) is 4.79 Å². The maximum Gasteiger partial charge on any atom is 0.251 e. The van der Waals surface area contributed by atoms with Crippen LogP contribution < -0.4 is 11.1 Å². The molecule has 0 saturated heterocycles. The highest BCUT2D eigenvalue weighted by Crippen LogP contribution is 2.19. The molecular weight excluding hydrogens is 328 g/mol. The van der Waals surface area contributed by atoms with E-state index in [4.69, 9.17) is 5.73 Å². The van der Waals surface area contributed by atoms with Gasteiger partial charge in [0.2, 0.25) is 0 Å². The number of nitrogen functional groups attached to an aromatic ring is 1. The van der Waals surface area contributed by atoms with Gasteiger partial charge in [0, 0.05) is 22.3 Å². The van der Waals surface area contributed by atoms with Crippen LogP contribution in [0.2, 0.25) is 0 Å². The Morgan fingerprint density at radius 2 is 1.95 bits per heavy atom. The zero-order chi connectivity index (χ0) is 15.2. The molecule has 110 valence electrons. The number of carbonyl (C=O) groups is 1. The minimum absolute atomic E-state index is 0.0942.